The van der Waals surface area contributed by atoms with E-state index in [4.69, 9.17) is 0 Å². The maximum atomic E-state index is 11.4. The van der Waals surface area contributed by atoms with Gasteiger partial charge in [0.2, 0.25) is 5.91 Å². The van der Waals surface area contributed by atoms with Crippen LogP contribution in [0.2, 0.25) is 0 Å². The molecule has 0 aliphatic carbocycles. The number of amides is 4. The van der Waals surface area contributed by atoms with E-state index < -0.39 is 6.03 Å². The Bertz CT molecular complexity index is 288. The van der Waals surface area contributed by atoms with Gasteiger partial charge in [-0.1, -0.05) is 26.2 Å². The Morgan fingerprint density at radius 3 is 2.71 bits per heavy atom. The summed E-state index contributed by atoms with van der Waals surface area (Å²) in [4.78, 5) is 34.7. The van der Waals surface area contributed by atoms with Crippen molar-refractivity contribution in [3.63, 3.8) is 0 Å². The lowest BCUT2D eigenvalue weighted by Gasteiger charge is -2.11. The summed E-state index contributed by atoms with van der Waals surface area (Å²) in [6, 6.07) is -0.490. The largest absolute Gasteiger partial charge is 0.355 e. The van der Waals surface area contributed by atoms with Gasteiger partial charge in [0.15, 0.2) is 0 Å². The highest BCUT2D eigenvalue weighted by atomic mass is 16.2. The normalized spacial score (nSPS) is 15.0. The summed E-state index contributed by atoms with van der Waals surface area (Å²) in [5.41, 5.74) is 0. The SMILES string of the molecule is CCCCCCNC(=O)CN1C(=O)CNC1=O. The van der Waals surface area contributed by atoms with Crippen LogP contribution >= 0.6 is 0 Å². The maximum Gasteiger partial charge on any atom is 0.325 e. The molecule has 0 radical (unpaired) electrons. The fourth-order valence-electron chi connectivity index (χ4n) is 1.59. The molecule has 0 atom stereocenters. The van der Waals surface area contributed by atoms with Gasteiger partial charge in [0.05, 0.1) is 6.54 Å². The molecule has 96 valence electrons. The lowest BCUT2D eigenvalue weighted by Crippen LogP contribution is -2.41. The van der Waals surface area contributed by atoms with Crippen LogP contribution in [0.5, 0.6) is 0 Å². The number of carbonyl (C=O) groups excluding carboxylic acids is 3. The third-order valence-corrected chi connectivity index (χ3v) is 2.59. The fourth-order valence-corrected chi connectivity index (χ4v) is 1.59. The number of rotatable bonds is 7. The number of carbonyl (C=O) groups is 3. The van der Waals surface area contributed by atoms with Gasteiger partial charge in [-0.15, -0.1) is 0 Å². The van der Waals surface area contributed by atoms with Gasteiger partial charge >= 0.3 is 6.03 Å². The molecule has 0 unspecified atom stereocenters. The van der Waals surface area contributed by atoms with E-state index in [1.807, 2.05) is 0 Å². The Labute approximate surface area is 101 Å². The van der Waals surface area contributed by atoms with E-state index in [2.05, 4.69) is 17.6 Å². The summed E-state index contributed by atoms with van der Waals surface area (Å²) in [7, 11) is 0. The van der Waals surface area contributed by atoms with Gasteiger partial charge < -0.3 is 10.6 Å². The minimum absolute atomic E-state index is 0.0113. The van der Waals surface area contributed by atoms with Crippen molar-refractivity contribution in [2.75, 3.05) is 19.6 Å². The van der Waals surface area contributed by atoms with E-state index in [1.54, 1.807) is 0 Å². The zero-order chi connectivity index (χ0) is 12.7. The molecule has 0 aromatic carbocycles. The minimum atomic E-state index is -0.490. The van der Waals surface area contributed by atoms with Gasteiger partial charge in [-0.25, -0.2) is 4.79 Å². The highest BCUT2D eigenvalue weighted by Crippen LogP contribution is 1.99. The van der Waals surface area contributed by atoms with Gasteiger partial charge in [0.25, 0.3) is 5.91 Å². The van der Waals surface area contributed by atoms with Crippen molar-refractivity contribution in [1.29, 1.82) is 0 Å². The Morgan fingerprint density at radius 2 is 2.12 bits per heavy atom. The quantitative estimate of drug-likeness (QED) is 0.495. The number of hydrogen-bond acceptors (Lipinski definition) is 3. The van der Waals surface area contributed by atoms with Gasteiger partial charge in [0, 0.05) is 6.54 Å². The first-order valence-electron chi connectivity index (χ1n) is 6.00. The van der Waals surface area contributed by atoms with Crippen molar-refractivity contribution < 1.29 is 14.4 Å². The number of unbranched alkanes of at least 4 members (excludes halogenated alkanes) is 3. The van der Waals surface area contributed by atoms with Crippen molar-refractivity contribution in [2.45, 2.75) is 32.6 Å². The van der Waals surface area contributed by atoms with E-state index in [-0.39, 0.29) is 24.9 Å². The third-order valence-electron chi connectivity index (χ3n) is 2.59. The molecular weight excluding hydrogens is 222 g/mol. The van der Waals surface area contributed by atoms with Crippen molar-refractivity contribution in [2.24, 2.45) is 0 Å². The lowest BCUT2D eigenvalue weighted by molar-refractivity contribution is -0.130. The highest BCUT2D eigenvalue weighted by Gasteiger charge is 2.29. The summed E-state index contributed by atoms with van der Waals surface area (Å²) in [5.74, 6) is -0.636. The first kappa shape index (κ1) is 13.5. The van der Waals surface area contributed by atoms with Crippen molar-refractivity contribution in [3.05, 3.63) is 0 Å². The number of nitrogens with zero attached hydrogens (tertiary/aromatic N) is 1. The maximum absolute atomic E-state index is 11.4. The second-order valence-corrected chi connectivity index (χ2v) is 4.05. The number of nitrogens with one attached hydrogen (secondary N) is 2. The molecule has 0 spiro atoms. The Kier molecular flexibility index (Phi) is 5.45. The molecule has 0 aromatic rings. The molecule has 1 rings (SSSR count). The molecule has 17 heavy (non-hydrogen) atoms. The predicted molar refractivity (Wildman–Crippen MR) is 62.3 cm³/mol. The lowest BCUT2D eigenvalue weighted by atomic mass is 10.2. The number of urea groups is 1. The van der Waals surface area contributed by atoms with Crippen LogP contribution in [0.4, 0.5) is 4.79 Å². The standard InChI is InChI=1S/C11H19N3O3/c1-2-3-4-5-6-12-9(15)8-14-10(16)7-13-11(14)17/h2-8H2,1H3,(H,12,15)(H,13,17). The second-order valence-electron chi connectivity index (χ2n) is 4.05. The molecule has 6 heteroatoms. The van der Waals surface area contributed by atoms with Gasteiger partial charge in [0.1, 0.15) is 6.54 Å². The Hall–Kier alpha value is -1.59. The van der Waals surface area contributed by atoms with Gasteiger partial charge in [-0.3, -0.25) is 14.5 Å². The average molecular weight is 241 g/mol. The molecule has 1 aliphatic rings. The zero-order valence-corrected chi connectivity index (χ0v) is 10.1. The minimum Gasteiger partial charge on any atom is -0.355 e. The van der Waals surface area contributed by atoms with Crippen LogP contribution in [0.15, 0.2) is 0 Å². The fraction of sp³-hybridized carbons (Fsp3) is 0.727. The van der Waals surface area contributed by atoms with Gasteiger partial charge in [-0.2, -0.15) is 0 Å². The van der Waals surface area contributed by atoms with Crippen LogP contribution in [-0.2, 0) is 9.59 Å². The van der Waals surface area contributed by atoms with Crippen LogP contribution in [0, 0.1) is 0 Å². The molecule has 0 bridgehead atoms. The van der Waals surface area contributed by atoms with E-state index >= 15 is 0 Å². The van der Waals surface area contributed by atoms with Crippen molar-refractivity contribution >= 4 is 17.8 Å². The Morgan fingerprint density at radius 1 is 1.35 bits per heavy atom. The third kappa shape index (κ3) is 4.42. The summed E-state index contributed by atoms with van der Waals surface area (Å²) < 4.78 is 0. The molecule has 1 saturated heterocycles. The summed E-state index contributed by atoms with van der Waals surface area (Å²) in [6.45, 7) is 2.53. The average Bonchev–Trinajstić information content (AvgIpc) is 2.60. The van der Waals surface area contributed by atoms with Gasteiger partial charge in [-0.05, 0) is 6.42 Å². The summed E-state index contributed by atoms with van der Waals surface area (Å²) in [5, 5.41) is 5.06. The molecular formula is C11H19N3O3. The summed E-state index contributed by atoms with van der Waals surface area (Å²) in [6.07, 6.45) is 4.32. The first-order valence-corrected chi connectivity index (χ1v) is 6.00. The topological polar surface area (TPSA) is 78.5 Å². The summed E-state index contributed by atoms with van der Waals surface area (Å²) >= 11 is 0. The molecule has 2 N–H and O–H groups in total. The predicted octanol–water partition coefficient (Wildman–Crippen LogP) is 0.235. The first-order chi connectivity index (χ1) is 8.15. The van der Waals surface area contributed by atoms with E-state index in [0.29, 0.717) is 6.54 Å². The second kappa shape index (κ2) is 6.88. The molecule has 6 nitrogen and oxygen atoms in total. The van der Waals surface area contributed by atoms with Crippen LogP contribution in [0.25, 0.3) is 0 Å². The van der Waals surface area contributed by atoms with Crippen LogP contribution in [0.3, 0.4) is 0 Å². The Balaban J connectivity index is 2.16. The van der Waals surface area contributed by atoms with E-state index in [0.717, 1.165) is 30.6 Å². The van der Waals surface area contributed by atoms with Crippen molar-refractivity contribution in [3.8, 4) is 0 Å². The van der Waals surface area contributed by atoms with Crippen LogP contribution in [0.1, 0.15) is 32.6 Å². The van der Waals surface area contributed by atoms with E-state index in [1.165, 1.54) is 0 Å². The molecule has 4 amide bonds. The molecule has 0 aromatic heterocycles. The molecule has 0 saturated carbocycles. The number of hydrogen-bond donors (Lipinski definition) is 2. The zero-order valence-electron chi connectivity index (χ0n) is 10.1. The smallest absolute Gasteiger partial charge is 0.325 e. The van der Waals surface area contributed by atoms with Crippen LogP contribution in [-0.4, -0.2) is 42.4 Å². The van der Waals surface area contributed by atoms with E-state index in [9.17, 15) is 14.4 Å². The number of imide groups is 1. The molecule has 1 heterocycles. The monoisotopic (exact) mass is 241 g/mol. The highest BCUT2D eigenvalue weighted by molar-refractivity contribution is 6.04. The molecule has 1 fully saturated rings. The van der Waals surface area contributed by atoms with Crippen molar-refractivity contribution in [1.82, 2.24) is 15.5 Å². The molecule has 1 aliphatic heterocycles. The van der Waals surface area contributed by atoms with Crippen LogP contribution < -0.4 is 10.6 Å².